The van der Waals surface area contributed by atoms with Gasteiger partial charge in [-0.2, -0.15) is 0 Å². The molecule has 1 unspecified atom stereocenters. The van der Waals surface area contributed by atoms with Gasteiger partial charge in [0.1, 0.15) is 13.2 Å². The van der Waals surface area contributed by atoms with Crippen LogP contribution in [-0.4, -0.2) is 30.3 Å². The molecule has 0 bridgehead atoms. The van der Waals surface area contributed by atoms with Crippen molar-refractivity contribution < 1.29 is 10.0 Å². The Labute approximate surface area is 80.9 Å². The molecule has 0 aromatic carbocycles. The number of likely N-dealkylation sites (tertiary alicyclic amines) is 1. The van der Waals surface area contributed by atoms with Gasteiger partial charge in [0.2, 0.25) is 0 Å². The highest BCUT2D eigenvalue weighted by atomic mass is 16.2. The van der Waals surface area contributed by atoms with E-state index >= 15 is 0 Å². The average Bonchev–Trinajstić information content (AvgIpc) is 2.10. The summed E-state index contributed by atoms with van der Waals surface area (Å²) < 4.78 is 0. The van der Waals surface area contributed by atoms with E-state index in [0.29, 0.717) is 0 Å². The second kappa shape index (κ2) is 5.26. The van der Waals surface area contributed by atoms with Crippen molar-refractivity contribution in [2.45, 2.75) is 45.2 Å². The Morgan fingerprint density at radius 1 is 1.23 bits per heavy atom. The Morgan fingerprint density at radius 2 is 1.85 bits per heavy atom. The minimum absolute atomic E-state index is 0.00393. The van der Waals surface area contributed by atoms with Crippen LogP contribution in [0.3, 0.4) is 0 Å². The van der Waals surface area contributed by atoms with Gasteiger partial charge in [-0.15, -0.1) is 0 Å². The van der Waals surface area contributed by atoms with Crippen LogP contribution in [0.4, 0.5) is 0 Å². The van der Waals surface area contributed by atoms with Gasteiger partial charge in [-0.3, -0.25) is 0 Å². The quantitative estimate of drug-likeness (QED) is 0.541. The molecule has 0 amide bonds. The maximum absolute atomic E-state index is 8.54. The summed E-state index contributed by atoms with van der Waals surface area (Å²) in [5.74, 6) is 5.75. The van der Waals surface area contributed by atoms with Crippen molar-refractivity contribution >= 4 is 0 Å². The highest BCUT2D eigenvalue weighted by Gasteiger charge is 2.27. The van der Waals surface area contributed by atoms with E-state index in [1.807, 2.05) is 0 Å². The Kier molecular flexibility index (Phi) is 4.27. The highest BCUT2D eigenvalue weighted by Crippen LogP contribution is 2.06. The Hall–Kier alpha value is -0.520. The van der Waals surface area contributed by atoms with Gasteiger partial charge >= 0.3 is 0 Å². The van der Waals surface area contributed by atoms with Gasteiger partial charge in [0.05, 0.1) is 12.1 Å². The molecule has 1 aliphatic heterocycles. The molecule has 1 aliphatic rings. The minimum Gasteiger partial charge on any atom is -0.384 e. The maximum atomic E-state index is 8.54. The fourth-order valence-corrected chi connectivity index (χ4v) is 2.16. The largest absolute Gasteiger partial charge is 0.384 e. The lowest BCUT2D eigenvalue weighted by molar-refractivity contribution is -0.944. The van der Waals surface area contributed by atoms with Gasteiger partial charge in [-0.25, -0.2) is 0 Å². The summed E-state index contributed by atoms with van der Waals surface area (Å²) in [4.78, 5) is 1.59. The first kappa shape index (κ1) is 10.6. The van der Waals surface area contributed by atoms with Crippen molar-refractivity contribution in [3.05, 3.63) is 0 Å². The van der Waals surface area contributed by atoms with Crippen LogP contribution in [-0.2, 0) is 0 Å². The van der Waals surface area contributed by atoms with Crippen molar-refractivity contribution in [2.24, 2.45) is 0 Å². The highest BCUT2D eigenvalue weighted by molar-refractivity contribution is 4.98. The second-order valence-corrected chi connectivity index (χ2v) is 4.00. The fourth-order valence-electron chi connectivity index (χ4n) is 2.16. The Bertz CT molecular complexity index is 194. The number of rotatable bonds is 1. The predicted molar refractivity (Wildman–Crippen MR) is 53.5 cm³/mol. The molecule has 2 N–H and O–H groups in total. The molecule has 1 rings (SSSR count). The van der Waals surface area contributed by atoms with Crippen LogP contribution in [0.1, 0.15) is 33.1 Å². The van der Waals surface area contributed by atoms with E-state index in [4.69, 9.17) is 5.11 Å². The molecular formula is C11H20NO+. The third-order valence-corrected chi connectivity index (χ3v) is 3.04. The monoisotopic (exact) mass is 182 g/mol. The topological polar surface area (TPSA) is 24.7 Å². The molecule has 0 aliphatic carbocycles. The van der Waals surface area contributed by atoms with Crippen LogP contribution in [0.5, 0.6) is 0 Å². The lowest BCUT2D eigenvalue weighted by Crippen LogP contribution is -3.19. The second-order valence-electron chi connectivity index (χ2n) is 4.00. The third kappa shape index (κ3) is 3.02. The summed E-state index contributed by atoms with van der Waals surface area (Å²) in [6, 6.07) is 1.47. The molecule has 1 heterocycles. The van der Waals surface area contributed by atoms with E-state index < -0.39 is 0 Å². The first-order valence-corrected chi connectivity index (χ1v) is 5.18. The number of nitrogens with one attached hydrogen (secondary N) is 1. The summed E-state index contributed by atoms with van der Waals surface area (Å²) in [5.41, 5.74) is 0. The van der Waals surface area contributed by atoms with Crippen LogP contribution in [0.2, 0.25) is 0 Å². The molecule has 0 radical (unpaired) electrons. The van der Waals surface area contributed by atoms with Crippen LogP contribution in [0.25, 0.3) is 0 Å². The van der Waals surface area contributed by atoms with E-state index in [2.05, 4.69) is 25.7 Å². The maximum Gasteiger partial charge on any atom is 0.139 e. The molecule has 1 fully saturated rings. The number of hydrogen-bond acceptors (Lipinski definition) is 1. The molecular weight excluding hydrogens is 162 g/mol. The van der Waals surface area contributed by atoms with Crippen LogP contribution in [0.15, 0.2) is 0 Å². The molecule has 1 saturated heterocycles. The molecule has 0 aromatic rings. The van der Waals surface area contributed by atoms with Crippen molar-refractivity contribution in [3.63, 3.8) is 0 Å². The van der Waals surface area contributed by atoms with E-state index in [-0.39, 0.29) is 6.61 Å². The Morgan fingerprint density at radius 3 is 2.38 bits per heavy atom. The van der Waals surface area contributed by atoms with Crippen molar-refractivity contribution in [1.29, 1.82) is 0 Å². The van der Waals surface area contributed by atoms with Gasteiger partial charge < -0.3 is 10.0 Å². The summed E-state index contributed by atoms with van der Waals surface area (Å²) >= 11 is 0. The van der Waals surface area contributed by atoms with E-state index in [0.717, 1.165) is 18.6 Å². The zero-order chi connectivity index (χ0) is 9.68. The smallest absolute Gasteiger partial charge is 0.139 e. The van der Waals surface area contributed by atoms with Gasteiger partial charge in [-0.05, 0) is 39.0 Å². The number of piperidine rings is 1. The minimum atomic E-state index is -0.00393. The molecule has 2 heteroatoms. The third-order valence-electron chi connectivity index (χ3n) is 3.04. The number of hydrogen-bond donors (Lipinski definition) is 2. The molecule has 13 heavy (non-hydrogen) atoms. The lowest BCUT2D eigenvalue weighted by atomic mass is 9.98. The van der Waals surface area contributed by atoms with Gasteiger partial charge in [0.25, 0.3) is 0 Å². The zero-order valence-corrected chi connectivity index (χ0v) is 8.64. The number of aliphatic hydroxyl groups is 1. The zero-order valence-electron chi connectivity index (χ0n) is 8.64. The van der Waals surface area contributed by atoms with Gasteiger partial charge in [-0.1, -0.05) is 5.92 Å². The standard InChI is InChI=1S/C11H19NO/c1-10-6-5-7-11(2)12(10)8-3-4-9-13/h10-11,13H,5-9H2,1-2H3/p+1/t10-,11+. The lowest BCUT2D eigenvalue weighted by Gasteiger charge is -2.34. The molecule has 2 nitrogen and oxygen atoms in total. The normalized spacial score (nSPS) is 33.6. The Balaban J connectivity index is 2.44. The number of aliphatic hydroxyl groups excluding tert-OH is 1. The molecule has 0 aromatic heterocycles. The number of quaternary nitrogens is 1. The summed E-state index contributed by atoms with van der Waals surface area (Å²) in [5, 5.41) is 8.54. The summed E-state index contributed by atoms with van der Waals surface area (Å²) in [6.07, 6.45) is 4.00. The molecule has 74 valence electrons. The van der Waals surface area contributed by atoms with E-state index in [1.165, 1.54) is 19.3 Å². The summed E-state index contributed by atoms with van der Waals surface area (Å²) in [6.45, 7) is 5.48. The van der Waals surface area contributed by atoms with Crippen molar-refractivity contribution in [2.75, 3.05) is 13.2 Å². The van der Waals surface area contributed by atoms with Crippen LogP contribution < -0.4 is 4.90 Å². The van der Waals surface area contributed by atoms with E-state index in [1.54, 1.807) is 4.90 Å². The SMILES string of the molecule is C[C@@H]1CCC[C@H](C)[NH+]1CC#CCO. The molecule has 3 atom stereocenters. The van der Waals surface area contributed by atoms with Crippen LogP contribution in [0, 0.1) is 11.8 Å². The van der Waals surface area contributed by atoms with Gasteiger partial charge in [0, 0.05) is 0 Å². The molecule has 0 saturated carbocycles. The van der Waals surface area contributed by atoms with E-state index in [9.17, 15) is 0 Å². The summed E-state index contributed by atoms with van der Waals surface area (Å²) in [7, 11) is 0. The van der Waals surface area contributed by atoms with Crippen LogP contribution >= 0.6 is 0 Å². The van der Waals surface area contributed by atoms with Crippen molar-refractivity contribution in [1.82, 2.24) is 0 Å². The molecule has 0 spiro atoms. The van der Waals surface area contributed by atoms with Gasteiger partial charge in [0.15, 0.2) is 0 Å². The predicted octanol–water partition coefficient (Wildman–Crippen LogP) is -0.172. The average molecular weight is 182 g/mol. The van der Waals surface area contributed by atoms with Crippen molar-refractivity contribution in [3.8, 4) is 11.8 Å². The first-order valence-electron chi connectivity index (χ1n) is 5.18. The fraction of sp³-hybridized carbons (Fsp3) is 0.818. The first-order chi connectivity index (χ1) is 6.25.